The molecule has 0 aliphatic carbocycles. The molecule has 0 N–H and O–H groups in total. The van der Waals surface area contributed by atoms with Crippen LogP contribution < -0.4 is 4.90 Å². The molecule has 0 radical (unpaired) electrons. The predicted octanol–water partition coefficient (Wildman–Crippen LogP) is 2.69. The minimum absolute atomic E-state index is 0.0454. The molecule has 1 aliphatic rings. The highest BCUT2D eigenvalue weighted by Crippen LogP contribution is 2.30. The van der Waals surface area contributed by atoms with E-state index >= 15 is 0 Å². The smallest absolute Gasteiger partial charge is 0.299 e. The average molecular weight is 273 g/mol. The summed E-state index contributed by atoms with van der Waals surface area (Å²) >= 11 is 0. The molecular formula is C15H9F2NO2. The van der Waals surface area contributed by atoms with Crippen LogP contribution in [0.25, 0.3) is 0 Å². The summed E-state index contributed by atoms with van der Waals surface area (Å²) < 4.78 is 26.3. The summed E-state index contributed by atoms with van der Waals surface area (Å²) in [6.45, 7) is -0.0454. The van der Waals surface area contributed by atoms with Gasteiger partial charge < -0.3 is 4.90 Å². The van der Waals surface area contributed by atoms with E-state index in [1.165, 1.54) is 4.90 Å². The fourth-order valence-electron chi connectivity index (χ4n) is 2.29. The third kappa shape index (κ3) is 1.97. The number of fused-ring (bicyclic) bond motifs is 1. The van der Waals surface area contributed by atoms with Crippen LogP contribution in [0.15, 0.2) is 42.5 Å². The van der Waals surface area contributed by atoms with E-state index in [0.29, 0.717) is 16.8 Å². The monoisotopic (exact) mass is 273 g/mol. The molecule has 1 amide bonds. The van der Waals surface area contributed by atoms with E-state index in [2.05, 4.69) is 0 Å². The number of rotatable bonds is 2. The summed E-state index contributed by atoms with van der Waals surface area (Å²) in [6, 6.07) is 9.59. The number of amides is 1. The van der Waals surface area contributed by atoms with Gasteiger partial charge >= 0.3 is 0 Å². The number of Topliss-reactive ketones (excluding diaryl/α,β-unsaturated/α-hetero) is 1. The molecule has 1 heterocycles. The first kappa shape index (κ1) is 12.5. The number of hydrogen-bond donors (Lipinski definition) is 0. The van der Waals surface area contributed by atoms with E-state index in [1.54, 1.807) is 24.3 Å². The minimum Gasteiger partial charge on any atom is -0.300 e. The van der Waals surface area contributed by atoms with Crippen LogP contribution in [-0.2, 0) is 11.3 Å². The Labute approximate surface area is 113 Å². The zero-order chi connectivity index (χ0) is 14.3. The van der Waals surface area contributed by atoms with E-state index in [1.807, 2.05) is 0 Å². The van der Waals surface area contributed by atoms with E-state index in [9.17, 15) is 18.4 Å². The van der Waals surface area contributed by atoms with Crippen molar-refractivity contribution in [3.8, 4) is 0 Å². The molecular weight excluding hydrogens is 264 g/mol. The van der Waals surface area contributed by atoms with Gasteiger partial charge in [-0.15, -0.1) is 0 Å². The van der Waals surface area contributed by atoms with Crippen molar-refractivity contribution >= 4 is 17.4 Å². The normalized spacial score (nSPS) is 13.8. The summed E-state index contributed by atoms with van der Waals surface area (Å²) in [4.78, 5) is 24.9. The van der Waals surface area contributed by atoms with Gasteiger partial charge in [-0.1, -0.05) is 12.1 Å². The fourth-order valence-corrected chi connectivity index (χ4v) is 2.29. The molecule has 100 valence electrons. The third-order valence-electron chi connectivity index (χ3n) is 3.14. The Morgan fingerprint density at radius 1 is 0.950 bits per heavy atom. The first-order valence-corrected chi connectivity index (χ1v) is 5.96. The highest BCUT2D eigenvalue weighted by molar-refractivity contribution is 6.52. The summed E-state index contributed by atoms with van der Waals surface area (Å²) in [6.07, 6.45) is 0. The van der Waals surface area contributed by atoms with Gasteiger partial charge in [-0.2, -0.15) is 0 Å². The van der Waals surface area contributed by atoms with Crippen LogP contribution in [0.3, 0.4) is 0 Å². The lowest BCUT2D eigenvalue weighted by Crippen LogP contribution is -2.29. The topological polar surface area (TPSA) is 37.4 Å². The largest absolute Gasteiger partial charge is 0.300 e. The van der Waals surface area contributed by atoms with Gasteiger partial charge in [-0.05, 0) is 29.8 Å². The summed E-state index contributed by atoms with van der Waals surface area (Å²) in [5, 5.41) is 0. The first-order chi connectivity index (χ1) is 9.56. The van der Waals surface area contributed by atoms with Crippen LogP contribution in [-0.4, -0.2) is 11.7 Å². The van der Waals surface area contributed by atoms with E-state index in [-0.39, 0.29) is 6.54 Å². The van der Waals surface area contributed by atoms with Gasteiger partial charge in [0.15, 0.2) is 0 Å². The molecule has 0 unspecified atom stereocenters. The Morgan fingerprint density at radius 2 is 1.60 bits per heavy atom. The summed E-state index contributed by atoms with van der Waals surface area (Å²) in [5.74, 6) is -2.72. The molecule has 0 saturated carbocycles. The third-order valence-corrected chi connectivity index (χ3v) is 3.14. The lowest BCUT2D eigenvalue weighted by Gasteiger charge is -2.16. The highest BCUT2D eigenvalue weighted by atomic mass is 19.1. The number of carbonyl (C=O) groups is 2. The van der Waals surface area contributed by atoms with E-state index < -0.39 is 23.3 Å². The van der Waals surface area contributed by atoms with Crippen molar-refractivity contribution in [3.05, 3.63) is 65.2 Å². The minimum atomic E-state index is -0.716. The zero-order valence-corrected chi connectivity index (χ0v) is 10.3. The Bertz CT molecular complexity index is 707. The van der Waals surface area contributed by atoms with Crippen LogP contribution >= 0.6 is 0 Å². The fraction of sp³-hybridized carbons (Fsp3) is 0.0667. The van der Waals surface area contributed by atoms with Crippen molar-refractivity contribution in [1.29, 1.82) is 0 Å². The molecule has 0 bridgehead atoms. The van der Waals surface area contributed by atoms with Gasteiger partial charge in [-0.3, -0.25) is 9.59 Å². The molecule has 0 spiro atoms. The number of halogens is 2. The molecule has 3 rings (SSSR count). The second-order valence-electron chi connectivity index (χ2n) is 4.52. The second kappa shape index (κ2) is 4.52. The number of hydrogen-bond acceptors (Lipinski definition) is 2. The Hall–Kier alpha value is -2.56. The van der Waals surface area contributed by atoms with Gasteiger partial charge in [0.25, 0.3) is 11.7 Å². The van der Waals surface area contributed by atoms with E-state index in [0.717, 1.165) is 18.2 Å². The average Bonchev–Trinajstić information content (AvgIpc) is 2.64. The van der Waals surface area contributed by atoms with Gasteiger partial charge in [0.2, 0.25) is 0 Å². The number of benzene rings is 2. The predicted molar refractivity (Wildman–Crippen MR) is 68.3 cm³/mol. The molecule has 2 aromatic rings. The van der Waals surface area contributed by atoms with Crippen molar-refractivity contribution in [2.75, 3.05) is 4.90 Å². The maximum atomic E-state index is 13.2. The maximum Gasteiger partial charge on any atom is 0.299 e. The molecule has 5 heteroatoms. The molecule has 1 aliphatic heterocycles. The molecule has 3 nitrogen and oxygen atoms in total. The Morgan fingerprint density at radius 3 is 2.30 bits per heavy atom. The van der Waals surface area contributed by atoms with Gasteiger partial charge in [0, 0.05) is 6.07 Å². The molecule has 0 atom stereocenters. The number of ketones is 1. The van der Waals surface area contributed by atoms with Gasteiger partial charge in [0.1, 0.15) is 11.6 Å². The summed E-state index contributed by atoms with van der Waals surface area (Å²) in [7, 11) is 0. The van der Waals surface area contributed by atoms with Gasteiger partial charge in [0.05, 0.1) is 17.8 Å². The number of carbonyl (C=O) groups excluding carboxylic acids is 2. The molecule has 0 aromatic heterocycles. The lowest BCUT2D eigenvalue weighted by atomic mass is 10.1. The number of nitrogens with zero attached hydrogens (tertiary/aromatic N) is 1. The SMILES string of the molecule is O=C1C(=O)N(Cc2cc(F)cc(F)c2)c2ccccc21. The maximum absolute atomic E-state index is 13.2. The quantitative estimate of drug-likeness (QED) is 0.789. The number of para-hydroxylation sites is 1. The van der Waals surface area contributed by atoms with Crippen molar-refractivity contribution in [1.82, 2.24) is 0 Å². The van der Waals surface area contributed by atoms with Crippen molar-refractivity contribution < 1.29 is 18.4 Å². The second-order valence-corrected chi connectivity index (χ2v) is 4.52. The highest BCUT2D eigenvalue weighted by Gasteiger charge is 2.35. The van der Waals surface area contributed by atoms with Crippen molar-refractivity contribution in [2.45, 2.75) is 6.54 Å². The molecule has 2 aromatic carbocycles. The first-order valence-electron chi connectivity index (χ1n) is 5.96. The standard InChI is InChI=1S/C15H9F2NO2/c16-10-5-9(6-11(17)7-10)8-18-13-4-2-1-3-12(13)14(19)15(18)20/h1-7H,8H2. The van der Waals surface area contributed by atoms with Crippen LogP contribution in [0.1, 0.15) is 15.9 Å². The molecule has 0 saturated heterocycles. The van der Waals surface area contributed by atoms with E-state index in [4.69, 9.17) is 0 Å². The van der Waals surface area contributed by atoms with Crippen LogP contribution in [0.2, 0.25) is 0 Å². The zero-order valence-electron chi connectivity index (χ0n) is 10.3. The van der Waals surface area contributed by atoms with Crippen LogP contribution in [0.4, 0.5) is 14.5 Å². The molecule has 0 fully saturated rings. The van der Waals surface area contributed by atoms with Crippen molar-refractivity contribution in [3.63, 3.8) is 0 Å². The Balaban J connectivity index is 1.99. The van der Waals surface area contributed by atoms with Gasteiger partial charge in [-0.25, -0.2) is 8.78 Å². The Kier molecular flexibility index (Phi) is 2.82. The molecule has 20 heavy (non-hydrogen) atoms. The van der Waals surface area contributed by atoms with Crippen LogP contribution in [0, 0.1) is 11.6 Å². The lowest BCUT2D eigenvalue weighted by molar-refractivity contribution is -0.114. The van der Waals surface area contributed by atoms with Crippen LogP contribution in [0.5, 0.6) is 0 Å². The number of anilines is 1. The van der Waals surface area contributed by atoms with Crippen molar-refractivity contribution in [2.24, 2.45) is 0 Å². The summed E-state index contributed by atoms with van der Waals surface area (Å²) in [5.41, 5.74) is 1.07.